The molecule has 14 heteroatoms. The van der Waals surface area contributed by atoms with Gasteiger partial charge in [0.25, 0.3) is 0 Å². The van der Waals surface area contributed by atoms with Gasteiger partial charge in [-0.1, -0.05) is 11.6 Å². The number of alkyl halides is 9. The van der Waals surface area contributed by atoms with E-state index in [1.807, 2.05) is 0 Å². The number of halogens is 9. The lowest BCUT2D eigenvalue weighted by molar-refractivity contribution is -0.143. The molecule has 0 aromatic heterocycles. The summed E-state index contributed by atoms with van der Waals surface area (Å²) >= 11 is 0. The van der Waals surface area contributed by atoms with Gasteiger partial charge in [-0.05, 0) is 48.4 Å². The fourth-order valence-electron chi connectivity index (χ4n) is 2.95. The van der Waals surface area contributed by atoms with E-state index in [2.05, 4.69) is 0 Å². The quantitative estimate of drug-likeness (QED) is 0.366. The first-order valence-electron chi connectivity index (χ1n) is 9.07. The average molecular weight is 520 g/mol. The zero-order chi connectivity index (χ0) is 26.3. The third-order valence-electron chi connectivity index (χ3n) is 4.50. The number of aryl methyl sites for hydroxylation is 1. The van der Waals surface area contributed by atoms with Crippen molar-refractivity contribution >= 4 is 18.4 Å². The largest absolute Gasteiger partial charge is 0.416 e. The minimum absolute atomic E-state index is 0.0420. The molecule has 2 aromatic rings. The van der Waals surface area contributed by atoms with Crippen LogP contribution >= 0.6 is 7.37 Å². The van der Waals surface area contributed by atoms with Gasteiger partial charge in [-0.15, -0.1) is 0 Å². The summed E-state index contributed by atoms with van der Waals surface area (Å²) in [6.45, 7) is 1.25. The van der Waals surface area contributed by atoms with Crippen molar-refractivity contribution in [1.29, 1.82) is 0 Å². The number of carbonyl (C=O) groups excluding carboxylic acids is 2. The second-order valence-corrected chi connectivity index (χ2v) is 9.49. The Labute approximate surface area is 185 Å². The Morgan fingerprint density at radius 3 is 1.35 bits per heavy atom. The third kappa shape index (κ3) is 6.69. The maximum absolute atomic E-state index is 12.9. The molecule has 186 valence electrons. The Morgan fingerprint density at radius 2 is 1.00 bits per heavy atom. The summed E-state index contributed by atoms with van der Waals surface area (Å²) in [5, 5.41) is 0. The summed E-state index contributed by atoms with van der Waals surface area (Å²) in [5.41, 5.74) is -9.56. The SMILES string of the molecule is Cc1cc(CC(=O)P(=O)(O)C(=O)Cc2cc(C(F)(F)F)cc(C(F)(F)F)c2)cc(C(F)(F)F)c1. The zero-order valence-electron chi connectivity index (χ0n) is 16.9. The molecule has 0 amide bonds. The van der Waals surface area contributed by atoms with Crippen LogP contribution in [0.1, 0.15) is 33.4 Å². The molecule has 0 aliphatic rings. The highest BCUT2D eigenvalue weighted by Gasteiger charge is 2.40. The van der Waals surface area contributed by atoms with Crippen LogP contribution in [0.3, 0.4) is 0 Å². The minimum Gasteiger partial charge on any atom is -0.334 e. The van der Waals surface area contributed by atoms with Crippen LogP contribution in [0.15, 0.2) is 36.4 Å². The van der Waals surface area contributed by atoms with Gasteiger partial charge < -0.3 is 4.89 Å². The molecule has 1 unspecified atom stereocenters. The molecule has 0 spiro atoms. The molecule has 0 saturated carbocycles. The first kappa shape index (κ1) is 27.6. The van der Waals surface area contributed by atoms with E-state index in [9.17, 15) is 58.6 Å². The van der Waals surface area contributed by atoms with Gasteiger partial charge in [-0.3, -0.25) is 14.2 Å². The van der Waals surface area contributed by atoms with E-state index >= 15 is 0 Å². The van der Waals surface area contributed by atoms with Crippen molar-refractivity contribution in [3.05, 3.63) is 69.8 Å². The standard InChI is InChI=1S/C20H14F9O4P/c1-10-2-11(4-13(3-10)18(21,22)23)7-16(30)34(32,33)17(31)8-12-5-14(19(24,25)26)9-15(6-12)20(27,28)29/h2-6,9H,7-8H2,1H3,(H,32,33). The fourth-order valence-corrected chi connectivity index (χ4v) is 4.02. The summed E-state index contributed by atoms with van der Waals surface area (Å²) < 4.78 is 129. The van der Waals surface area contributed by atoms with E-state index in [0.717, 1.165) is 12.1 Å². The number of hydrogen-bond donors (Lipinski definition) is 1. The van der Waals surface area contributed by atoms with E-state index in [4.69, 9.17) is 0 Å². The second-order valence-electron chi connectivity index (χ2n) is 7.34. The summed E-state index contributed by atoms with van der Waals surface area (Å²) in [6.07, 6.45) is -17.8. The Morgan fingerprint density at radius 1 is 0.676 bits per heavy atom. The van der Waals surface area contributed by atoms with Crippen LogP contribution in [0.4, 0.5) is 39.5 Å². The van der Waals surface area contributed by atoms with Gasteiger partial charge in [0.1, 0.15) is 0 Å². The van der Waals surface area contributed by atoms with Gasteiger partial charge in [0, 0.05) is 12.8 Å². The van der Waals surface area contributed by atoms with E-state index in [-0.39, 0.29) is 29.3 Å². The van der Waals surface area contributed by atoms with Crippen molar-refractivity contribution < 1.29 is 58.6 Å². The molecule has 0 heterocycles. The van der Waals surface area contributed by atoms with E-state index in [1.165, 1.54) is 6.92 Å². The van der Waals surface area contributed by atoms with E-state index in [1.54, 1.807) is 0 Å². The molecular weight excluding hydrogens is 506 g/mol. The smallest absolute Gasteiger partial charge is 0.334 e. The number of benzene rings is 2. The van der Waals surface area contributed by atoms with Crippen LogP contribution in [-0.2, 0) is 45.5 Å². The molecule has 0 aliphatic heterocycles. The van der Waals surface area contributed by atoms with E-state index in [0.29, 0.717) is 6.07 Å². The predicted octanol–water partition coefficient (Wildman–Crippen LogP) is 6.16. The molecular formula is C20H14F9O4P. The van der Waals surface area contributed by atoms with Crippen LogP contribution in [0.25, 0.3) is 0 Å². The molecule has 0 fully saturated rings. The molecule has 34 heavy (non-hydrogen) atoms. The Hall–Kier alpha value is -2.66. The van der Waals surface area contributed by atoms with Gasteiger partial charge in [0.05, 0.1) is 16.7 Å². The Balaban J connectivity index is 2.33. The fraction of sp³-hybridized carbons (Fsp3) is 0.300. The van der Waals surface area contributed by atoms with Crippen molar-refractivity contribution in [1.82, 2.24) is 0 Å². The number of carbonyl (C=O) groups is 2. The lowest BCUT2D eigenvalue weighted by Crippen LogP contribution is -2.16. The van der Waals surface area contributed by atoms with Gasteiger partial charge in [0.2, 0.25) is 11.0 Å². The monoisotopic (exact) mass is 520 g/mol. The van der Waals surface area contributed by atoms with Crippen molar-refractivity contribution in [2.75, 3.05) is 0 Å². The molecule has 4 nitrogen and oxygen atoms in total. The summed E-state index contributed by atoms with van der Waals surface area (Å²) in [4.78, 5) is 34.3. The molecule has 2 aromatic carbocycles. The highest BCUT2D eigenvalue weighted by Crippen LogP contribution is 2.45. The molecule has 0 bridgehead atoms. The number of hydrogen-bond acceptors (Lipinski definition) is 3. The van der Waals surface area contributed by atoms with Gasteiger partial charge in [-0.25, -0.2) is 0 Å². The minimum atomic E-state index is -5.51. The molecule has 0 aliphatic carbocycles. The normalized spacial score (nSPS) is 14.6. The predicted molar refractivity (Wildman–Crippen MR) is 99.9 cm³/mol. The lowest BCUT2D eigenvalue weighted by Gasteiger charge is -2.15. The van der Waals surface area contributed by atoms with Gasteiger partial charge >= 0.3 is 25.9 Å². The van der Waals surface area contributed by atoms with Crippen LogP contribution in [0.5, 0.6) is 0 Å². The highest BCUT2D eigenvalue weighted by atomic mass is 31.2. The summed E-state index contributed by atoms with van der Waals surface area (Å²) in [5.74, 6) is 0. The van der Waals surface area contributed by atoms with Gasteiger partial charge in [-0.2, -0.15) is 39.5 Å². The van der Waals surface area contributed by atoms with Crippen molar-refractivity contribution in [2.45, 2.75) is 38.3 Å². The highest BCUT2D eigenvalue weighted by molar-refractivity contribution is 7.89. The third-order valence-corrected chi connectivity index (χ3v) is 6.17. The summed E-state index contributed by atoms with van der Waals surface area (Å²) in [7, 11) is -5.51. The average Bonchev–Trinajstić information content (AvgIpc) is 2.65. The van der Waals surface area contributed by atoms with Crippen molar-refractivity contribution in [2.24, 2.45) is 0 Å². The molecule has 1 N–H and O–H groups in total. The zero-order valence-corrected chi connectivity index (χ0v) is 17.8. The van der Waals surface area contributed by atoms with Crippen molar-refractivity contribution in [3.8, 4) is 0 Å². The topological polar surface area (TPSA) is 71.4 Å². The van der Waals surface area contributed by atoms with E-state index < -0.39 is 72.0 Å². The Kier molecular flexibility index (Phi) is 7.45. The molecule has 2 rings (SSSR count). The maximum Gasteiger partial charge on any atom is 0.416 e. The Bertz CT molecular complexity index is 1130. The molecule has 0 radical (unpaired) electrons. The number of rotatable bonds is 6. The first-order chi connectivity index (χ1) is 15.2. The van der Waals surface area contributed by atoms with Gasteiger partial charge in [0.15, 0.2) is 0 Å². The van der Waals surface area contributed by atoms with Crippen molar-refractivity contribution in [3.63, 3.8) is 0 Å². The first-order valence-corrected chi connectivity index (χ1v) is 10.7. The van der Waals surface area contributed by atoms with Crippen LogP contribution in [0.2, 0.25) is 0 Å². The molecule has 0 saturated heterocycles. The molecule has 1 atom stereocenters. The van der Waals surface area contributed by atoms with Crippen LogP contribution in [-0.4, -0.2) is 15.9 Å². The summed E-state index contributed by atoms with van der Waals surface area (Å²) in [6, 6.07) is 2.44. The maximum atomic E-state index is 12.9. The second kappa shape index (κ2) is 9.18. The lowest BCUT2D eigenvalue weighted by atomic mass is 10.0. The van der Waals surface area contributed by atoms with Crippen LogP contribution < -0.4 is 0 Å². The van der Waals surface area contributed by atoms with Crippen LogP contribution in [0, 0.1) is 6.92 Å².